The Kier molecular flexibility index (Phi) is 6.25. The highest BCUT2D eigenvalue weighted by molar-refractivity contribution is 5.65. The van der Waals surface area contributed by atoms with Crippen LogP contribution in [0.25, 0.3) is 16.8 Å². The number of piperazine rings is 1. The zero-order chi connectivity index (χ0) is 24.4. The number of aromatic nitrogens is 2. The summed E-state index contributed by atoms with van der Waals surface area (Å²) in [6.07, 6.45) is 1.73. The summed E-state index contributed by atoms with van der Waals surface area (Å²) in [4.78, 5) is 18.0. The molecule has 3 aromatic carbocycles. The molecule has 4 aromatic rings. The SMILES string of the molecule is Cc1ccc(-n2ncc(N3CCN(C)CC3)c(Oc3ccc(-c4ccc(O)cc4)cc3)c2=O)cc1. The zero-order valence-electron chi connectivity index (χ0n) is 19.9. The molecule has 5 rings (SSSR count). The molecular weight excluding hydrogens is 440 g/mol. The number of likely N-dealkylation sites (N-methyl/N-ethyl adjacent to an activating group) is 1. The van der Waals surface area contributed by atoms with Crippen LogP contribution in [0, 0.1) is 6.92 Å². The lowest BCUT2D eigenvalue weighted by Gasteiger charge is -2.34. The van der Waals surface area contributed by atoms with Crippen LogP contribution in [0.2, 0.25) is 0 Å². The Morgan fingerprint density at radius 2 is 1.43 bits per heavy atom. The van der Waals surface area contributed by atoms with Crippen LogP contribution in [0.4, 0.5) is 5.69 Å². The third kappa shape index (κ3) is 4.90. The number of ether oxygens (including phenoxy) is 1. The van der Waals surface area contributed by atoms with Gasteiger partial charge in [-0.05, 0) is 61.5 Å². The van der Waals surface area contributed by atoms with E-state index in [0.717, 1.165) is 42.9 Å². The highest BCUT2D eigenvalue weighted by atomic mass is 16.5. The number of anilines is 1. The van der Waals surface area contributed by atoms with Crippen molar-refractivity contribution < 1.29 is 9.84 Å². The van der Waals surface area contributed by atoms with E-state index in [0.29, 0.717) is 17.1 Å². The molecule has 1 saturated heterocycles. The standard InChI is InChI=1S/C28H28N4O3/c1-20-3-9-23(10-4-20)32-28(34)27(26(19-29-32)31-17-15-30(2)16-18-31)35-25-13-7-22(8-14-25)21-5-11-24(33)12-6-21/h3-14,19,33H,15-18H2,1-2H3. The van der Waals surface area contributed by atoms with Gasteiger partial charge in [0.2, 0.25) is 5.75 Å². The molecule has 0 amide bonds. The van der Waals surface area contributed by atoms with Gasteiger partial charge >= 0.3 is 5.56 Å². The summed E-state index contributed by atoms with van der Waals surface area (Å²) in [5.74, 6) is 1.07. The highest BCUT2D eigenvalue weighted by Gasteiger charge is 2.23. The smallest absolute Gasteiger partial charge is 0.316 e. The zero-order valence-corrected chi connectivity index (χ0v) is 19.9. The topological polar surface area (TPSA) is 70.8 Å². The number of phenols is 1. The third-order valence-electron chi connectivity index (χ3n) is 6.31. The van der Waals surface area contributed by atoms with Crippen LogP contribution in [0.5, 0.6) is 17.2 Å². The molecule has 1 fully saturated rings. The van der Waals surface area contributed by atoms with Crippen molar-refractivity contribution in [1.82, 2.24) is 14.7 Å². The average Bonchev–Trinajstić information content (AvgIpc) is 2.87. The fraction of sp³-hybridized carbons (Fsp3) is 0.214. The molecule has 0 atom stereocenters. The first-order valence-electron chi connectivity index (χ1n) is 11.7. The van der Waals surface area contributed by atoms with Crippen LogP contribution in [0.15, 0.2) is 83.8 Å². The van der Waals surface area contributed by atoms with E-state index < -0.39 is 0 Å². The molecule has 1 N–H and O–H groups in total. The maximum atomic E-state index is 13.6. The van der Waals surface area contributed by atoms with Crippen LogP contribution in [0.3, 0.4) is 0 Å². The van der Waals surface area contributed by atoms with E-state index in [1.54, 1.807) is 18.3 Å². The molecule has 0 bridgehead atoms. The van der Waals surface area contributed by atoms with Crippen LogP contribution in [-0.4, -0.2) is 53.0 Å². The predicted molar refractivity (Wildman–Crippen MR) is 138 cm³/mol. The van der Waals surface area contributed by atoms with Gasteiger partial charge in [0.15, 0.2) is 0 Å². The van der Waals surface area contributed by atoms with Gasteiger partial charge in [-0.25, -0.2) is 0 Å². The fourth-order valence-corrected chi connectivity index (χ4v) is 4.15. The Morgan fingerprint density at radius 1 is 0.829 bits per heavy atom. The van der Waals surface area contributed by atoms with Crippen molar-refractivity contribution in [3.05, 3.63) is 94.9 Å². The number of hydrogen-bond acceptors (Lipinski definition) is 6. The van der Waals surface area contributed by atoms with Gasteiger partial charge in [-0.15, -0.1) is 0 Å². The van der Waals surface area contributed by atoms with Gasteiger partial charge in [-0.2, -0.15) is 9.78 Å². The number of hydrogen-bond donors (Lipinski definition) is 1. The lowest BCUT2D eigenvalue weighted by molar-refractivity contribution is 0.311. The molecule has 35 heavy (non-hydrogen) atoms. The van der Waals surface area contributed by atoms with Crippen LogP contribution in [-0.2, 0) is 0 Å². The average molecular weight is 469 g/mol. The summed E-state index contributed by atoms with van der Waals surface area (Å²) in [6, 6.07) is 22.3. The second kappa shape index (κ2) is 9.64. The minimum Gasteiger partial charge on any atom is -0.508 e. The first kappa shape index (κ1) is 22.7. The van der Waals surface area contributed by atoms with Gasteiger partial charge in [-0.3, -0.25) is 4.79 Å². The molecule has 0 spiro atoms. The minimum atomic E-state index is -0.298. The molecular formula is C28H28N4O3. The Bertz CT molecular complexity index is 1360. The van der Waals surface area contributed by atoms with Gasteiger partial charge in [0.1, 0.15) is 17.2 Å². The van der Waals surface area contributed by atoms with Gasteiger partial charge in [-0.1, -0.05) is 42.0 Å². The molecule has 0 unspecified atom stereocenters. The van der Waals surface area contributed by atoms with E-state index in [2.05, 4.69) is 21.9 Å². The highest BCUT2D eigenvalue weighted by Crippen LogP contribution is 2.31. The number of aryl methyl sites for hydroxylation is 1. The summed E-state index contributed by atoms with van der Waals surface area (Å²) in [6.45, 7) is 5.40. The van der Waals surface area contributed by atoms with Crippen molar-refractivity contribution in [2.75, 3.05) is 38.1 Å². The second-order valence-corrected chi connectivity index (χ2v) is 8.88. The first-order chi connectivity index (χ1) is 17.0. The third-order valence-corrected chi connectivity index (χ3v) is 6.31. The van der Waals surface area contributed by atoms with E-state index in [-0.39, 0.29) is 17.1 Å². The molecule has 0 radical (unpaired) electrons. The van der Waals surface area contributed by atoms with E-state index in [9.17, 15) is 9.90 Å². The van der Waals surface area contributed by atoms with Gasteiger partial charge in [0.05, 0.1) is 11.9 Å². The molecule has 1 aliphatic heterocycles. The largest absolute Gasteiger partial charge is 0.508 e. The van der Waals surface area contributed by atoms with Crippen LogP contribution < -0.4 is 15.2 Å². The van der Waals surface area contributed by atoms with Crippen molar-refractivity contribution in [1.29, 1.82) is 0 Å². The normalized spacial score (nSPS) is 14.2. The molecule has 1 aromatic heterocycles. The van der Waals surface area contributed by atoms with E-state index in [4.69, 9.17) is 4.74 Å². The molecule has 2 heterocycles. The quantitative estimate of drug-likeness (QED) is 0.466. The second-order valence-electron chi connectivity index (χ2n) is 8.88. The summed E-state index contributed by atoms with van der Waals surface area (Å²) in [5.41, 5.74) is 4.18. The summed E-state index contributed by atoms with van der Waals surface area (Å²) in [5, 5.41) is 14.0. The maximum absolute atomic E-state index is 13.6. The number of nitrogens with zero attached hydrogens (tertiary/aromatic N) is 4. The Balaban J connectivity index is 1.51. The van der Waals surface area contributed by atoms with Gasteiger partial charge in [0.25, 0.3) is 0 Å². The Labute approximate surface area is 204 Å². The lowest BCUT2D eigenvalue weighted by atomic mass is 10.1. The summed E-state index contributed by atoms with van der Waals surface area (Å²) < 4.78 is 7.64. The number of aromatic hydroxyl groups is 1. The predicted octanol–water partition coefficient (Wildman–Crippen LogP) is 4.46. The fourth-order valence-electron chi connectivity index (χ4n) is 4.15. The van der Waals surface area contributed by atoms with E-state index in [1.165, 1.54) is 4.68 Å². The van der Waals surface area contributed by atoms with Crippen LogP contribution >= 0.6 is 0 Å². The molecule has 0 saturated carbocycles. The number of rotatable bonds is 5. The Morgan fingerprint density at radius 3 is 2.06 bits per heavy atom. The van der Waals surface area contributed by atoms with Crippen molar-refractivity contribution >= 4 is 5.69 Å². The van der Waals surface area contributed by atoms with Crippen molar-refractivity contribution in [3.8, 4) is 34.1 Å². The van der Waals surface area contributed by atoms with Crippen molar-refractivity contribution in [2.45, 2.75) is 6.92 Å². The summed E-state index contributed by atoms with van der Waals surface area (Å²) >= 11 is 0. The molecule has 1 aliphatic rings. The van der Waals surface area contributed by atoms with E-state index >= 15 is 0 Å². The Hall–Kier alpha value is -4.10. The summed E-state index contributed by atoms with van der Waals surface area (Å²) in [7, 11) is 2.10. The van der Waals surface area contributed by atoms with Gasteiger partial charge in [0, 0.05) is 26.2 Å². The minimum absolute atomic E-state index is 0.229. The number of phenolic OH excluding ortho intramolecular Hbond substituents is 1. The molecule has 7 nitrogen and oxygen atoms in total. The molecule has 178 valence electrons. The lowest BCUT2D eigenvalue weighted by Crippen LogP contribution is -2.45. The molecule has 0 aliphatic carbocycles. The van der Waals surface area contributed by atoms with E-state index in [1.807, 2.05) is 67.6 Å². The number of benzene rings is 3. The monoisotopic (exact) mass is 468 g/mol. The molecule has 7 heteroatoms. The van der Waals surface area contributed by atoms with Gasteiger partial charge < -0.3 is 19.6 Å². The first-order valence-corrected chi connectivity index (χ1v) is 11.7. The van der Waals surface area contributed by atoms with Crippen molar-refractivity contribution in [3.63, 3.8) is 0 Å². The maximum Gasteiger partial charge on any atom is 0.316 e. The van der Waals surface area contributed by atoms with Crippen LogP contribution in [0.1, 0.15) is 5.56 Å². The van der Waals surface area contributed by atoms with Crippen molar-refractivity contribution in [2.24, 2.45) is 0 Å².